The molecule has 0 saturated carbocycles. The number of rotatable bonds is 11. The van der Waals surface area contributed by atoms with Gasteiger partial charge >= 0.3 is 22.8 Å². The number of ether oxygens (including phenoxy) is 4. The maximum absolute atomic E-state index is 14.8. The molecule has 2 unspecified atom stereocenters. The molecule has 0 amide bonds. The van der Waals surface area contributed by atoms with Crippen LogP contribution in [0.5, 0.6) is 28.7 Å². The summed E-state index contributed by atoms with van der Waals surface area (Å²) in [6, 6.07) is 15.0. The maximum atomic E-state index is 14.8. The van der Waals surface area contributed by atoms with E-state index in [0.29, 0.717) is 61.6 Å². The van der Waals surface area contributed by atoms with Crippen LogP contribution in [0.25, 0.3) is 32.8 Å². The van der Waals surface area contributed by atoms with E-state index in [9.17, 15) is 33.9 Å². The first-order valence-electron chi connectivity index (χ1n) is 21.3. The minimum absolute atomic E-state index is 0.0771. The number of hydrogen-bond acceptors (Lipinski definition) is 13. The number of methoxy groups -OCH3 is 4. The number of fused-ring (bicyclic) bond motifs is 7. The Morgan fingerprint density at radius 2 is 1.13 bits per heavy atom. The molecule has 2 aliphatic heterocycles. The standard InChI is InChI=1S/C46H44N10O11/c1-49-31-21-37(66-5)35(64-3)19-29(31)47-27(41(49)58)14-16-51-43(60)53-18-13-26-33(55(53)45(51)62)23-54-44(61)52(46(63)56(54)40(26)39-25-10-8-7-9-24(25)11-12-34(39)57)17-15-28-42(59)50(2)32-22-38(67-6)36(65-4)20-30(32)48-28/h7-13,19-22,33,40,57H,14-18,23H2,1-6H3. The van der Waals surface area contributed by atoms with Crippen molar-refractivity contribution < 1.29 is 24.1 Å². The van der Waals surface area contributed by atoms with Gasteiger partial charge in [-0.05, 0) is 22.4 Å². The SMILES string of the molecule is COc1cc2nc(CCn3c(=O)n4n(c3=O)C3Cn5c(=O)n(CCc6nc7cc(OC)c(OC)cc7n(C)c6=O)c(=O)n5C(c5c(O)ccc6ccccc56)C3=CC4)c(=O)n(C)c2cc1OC. The minimum Gasteiger partial charge on any atom is -0.508 e. The molecule has 0 fully saturated rings. The van der Waals surface area contributed by atoms with Crippen LogP contribution in [0.2, 0.25) is 0 Å². The predicted octanol–water partition coefficient (Wildman–Crippen LogP) is 1.59. The predicted molar refractivity (Wildman–Crippen MR) is 244 cm³/mol. The molecule has 21 nitrogen and oxygen atoms in total. The molecule has 0 radical (unpaired) electrons. The van der Waals surface area contributed by atoms with Gasteiger partial charge in [0.05, 0.1) is 69.6 Å². The normalized spacial score (nSPS) is 15.3. The number of aromatic hydroxyl groups is 1. The zero-order valence-electron chi connectivity index (χ0n) is 37.3. The second-order valence-corrected chi connectivity index (χ2v) is 16.4. The number of benzene rings is 4. The van der Waals surface area contributed by atoms with Crippen LogP contribution in [-0.2, 0) is 53.1 Å². The number of phenols is 1. The van der Waals surface area contributed by atoms with Crippen LogP contribution in [0.3, 0.4) is 0 Å². The summed E-state index contributed by atoms with van der Waals surface area (Å²) in [6.07, 6.45) is 1.56. The van der Waals surface area contributed by atoms with Gasteiger partial charge < -0.3 is 33.2 Å². The van der Waals surface area contributed by atoms with Crippen molar-refractivity contribution in [1.29, 1.82) is 0 Å². The van der Waals surface area contributed by atoms with Gasteiger partial charge in [0.15, 0.2) is 23.0 Å². The van der Waals surface area contributed by atoms with Crippen LogP contribution in [0.15, 0.2) is 101 Å². The summed E-state index contributed by atoms with van der Waals surface area (Å²) in [5.74, 6) is 1.47. The van der Waals surface area contributed by atoms with E-state index in [1.54, 1.807) is 62.6 Å². The smallest absolute Gasteiger partial charge is 0.348 e. The molecule has 0 spiro atoms. The summed E-state index contributed by atoms with van der Waals surface area (Å²) >= 11 is 0. The van der Waals surface area contributed by atoms with Crippen LogP contribution in [0.4, 0.5) is 0 Å². The average Bonchev–Trinajstić information content (AvgIpc) is 3.73. The molecule has 8 aromatic rings. The lowest BCUT2D eigenvalue weighted by Gasteiger charge is -2.38. The van der Waals surface area contributed by atoms with Gasteiger partial charge in [0.25, 0.3) is 11.1 Å². The molecule has 4 aromatic heterocycles. The summed E-state index contributed by atoms with van der Waals surface area (Å²) in [5, 5.41) is 13.0. The Balaban J connectivity index is 1.06. The summed E-state index contributed by atoms with van der Waals surface area (Å²) in [5.41, 5.74) is -0.831. The third kappa shape index (κ3) is 6.43. The van der Waals surface area contributed by atoms with Crippen molar-refractivity contribution in [3.05, 3.63) is 152 Å². The third-order valence-corrected chi connectivity index (χ3v) is 13.0. The number of allylic oxidation sites excluding steroid dienone is 2. The lowest BCUT2D eigenvalue weighted by Crippen LogP contribution is -2.47. The summed E-state index contributed by atoms with van der Waals surface area (Å²) < 4.78 is 31.6. The first-order chi connectivity index (χ1) is 32.3. The third-order valence-electron chi connectivity index (χ3n) is 13.0. The molecule has 10 rings (SSSR count). The van der Waals surface area contributed by atoms with Crippen molar-refractivity contribution in [3.63, 3.8) is 0 Å². The molecular weight excluding hydrogens is 869 g/mol. The van der Waals surface area contributed by atoms with Gasteiger partial charge in [-0.3, -0.25) is 9.59 Å². The van der Waals surface area contributed by atoms with E-state index in [-0.39, 0.29) is 56.2 Å². The van der Waals surface area contributed by atoms with E-state index in [1.807, 2.05) is 12.1 Å². The van der Waals surface area contributed by atoms with Gasteiger partial charge in [-0.1, -0.05) is 36.4 Å². The van der Waals surface area contributed by atoms with Crippen molar-refractivity contribution in [2.24, 2.45) is 14.1 Å². The Kier molecular flexibility index (Phi) is 10.1. The van der Waals surface area contributed by atoms with Crippen molar-refractivity contribution in [1.82, 2.24) is 47.0 Å². The van der Waals surface area contributed by atoms with Crippen LogP contribution in [0.1, 0.15) is 29.0 Å². The van der Waals surface area contributed by atoms with E-state index in [2.05, 4.69) is 9.97 Å². The maximum Gasteiger partial charge on any atom is 0.348 e. The molecule has 0 aliphatic carbocycles. The zero-order valence-corrected chi connectivity index (χ0v) is 37.3. The van der Waals surface area contributed by atoms with Crippen LogP contribution in [-0.4, -0.2) is 80.5 Å². The topological polar surface area (TPSA) is 225 Å². The van der Waals surface area contributed by atoms with Gasteiger partial charge in [-0.2, -0.15) is 0 Å². The quantitative estimate of drug-likeness (QED) is 0.182. The minimum atomic E-state index is -1.13. The van der Waals surface area contributed by atoms with Crippen LogP contribution >= 0.6 is 0 Å². The average molecular weight is 913 g/mol. The second-order valence-electron chi connectivity index (χ2n) is 16.4. The van der Waals surface area contributed by atoms with Gasteiger partial charge in [0, 0.05) is 69.9 Å². The molecule has 21 heteroatoms. The summed E-state index contributed by atoms with van der Waals surface area (Å²) in [7, 11) is 9.11. The van der Waals surface area contributed by atoms with Crippen LogP contribution < -0.4 is 52.8 Å². The summed E-state index contributed by atoms with van der Waals surface area (Å²) in [6.45, 7) is -0.772. The Labute approximate surface area is 377 Å². The molecular formula is C46H44N10O11. The Bertz CT molecular complexity index is 3800. The van der Waals surface area contributed by atoms with E-state index >= 15 is 0 Å². The van der Waals surface area contributed by atoms with E-state index in [0.717, 1.165) is 14.5 Å². The Morgan fingerprint density at radius 3 is 1.69 bits per heavy atom. The molecule has 1 N–H and O–H groups in total. The highest BCUT2D eigenvalue weighted by Crippen LogP contribution is 2.44. The van der Waals surface area contributed by atoms with Crippen molar-refractivity contribution in [2.75, 3.05) is 28.4 Å². The Morgan fingerprint density at radius 1 is 0.627 bits per heavy atom. The Hall–Kier alpha value is -8.36. The van der Waals surface area contributed by atoms with Crippen molar-refractivity contribution in [2.45, 2.75) is 51.1 Å². The van der Waals surface area contributed by atoms with E-state index < -0.39 is 46.0 Å². The van der Waals surface area contributed by atoms with Gasteiger partial charge in [-0.15, -0.1) is 0 Å². The second kappa shape index (κ2) is 16.0. The van der Waals surface area contributed by atoms with Gasteiger partial charge in [0.2, 0.25) is 0 Å². The molecule has 2 atom stereocenters. The fraction of sp³-hybridized carbons (Fsp3) is 0.304. The lowest BCUT2D eigenvalue weighted by atomic mass is 9.87. The fourth-order valence-corrected chi connectivity index (χ4v) is 9.64. The molecule has 2 aliphatic rings. The first kappa shape index (κ1) is 42.6. The van der Waals surface area contributed by atoms with Crippen LogP contribution in [0, 0.1) is 0 Å². The van der Waals surface area contributed by atoms with E-state index in [1.165, 1.54) is 62.4 Å². The highest BCUT2D eigenvalue weighted by Gasteiger charge is 2.43. The number of nitrogens with zero attached hydrogens (tertiary/aromatic N) is 10. The molecule has 0 saturated heterocycles. The molecule has 6 heterocycles. The molecule has 0 bridgehead atoms. The van der Waals surface area contributed by atoms with Gasteiger partial charge in [0.1, 0.15) is 23.2 Å². The molecule has 4 aromatic carbocycles. The highest BCUT2D eigenvalue weighted by molar-refractivity contribution is 5.89. The number of hydrogen-bond donors (Lipinski definition) is 1. The zero-order chi connectivity index (χ0) is 47.2. The highest BCUT2D eigenvalue weighted by atomic mass is 16.5. The fourth-order valence-electron chi connectivity index (χ4n) is 9.64. The molecule has 67 heavy (non-hydrogen) atoms. The summed E-state index contributed by atoms with van der Waals surface area (Å²) in [4.78, 5) is 94.5. The molecule has 344 valence electrons. The van der Waals surface area contributed by atoms with Gasteiger partial charge in [-0.25, -0.2) is 57.0 Å². The van der Waals surface area contributed by atoms with Crippen molar-refractivity contribution >= 4 is 32.8 Å². The van der Waals surface area contributed by atoms with Crippen molar-refractivity contribution in [3.8, 4) is 28.7 Å². The largest absolute Gasteiger partial charge is 0.508 e. The lowest BCUT2D eigenvalue weighted by molar-refractivity contribution is 0.244. The number of phenolic OH excluding ortho intramolecular Hbond substituents is 1. The number of aryl methyl sites for hydroxylation is 4. The first-order valence-corrected chi connectivity index (χ1v) is 21.3. The number of aromatic nitrogens is 10. The van der Waals surface area contributed by atoms with E-state index in [4.69, 9.17) is 18.9 Å². The monoisotopic (exact) mass is 912 g/mol.